The molecule has 3 rings (SSSR count). The molecule has 0 aliphatic carbocycles. The van der Waals surface area contributed by atoms with E-state index in [0.29, 0.717) is 17.2 Å². The van der Waals surface area contributed by atoms with Gasteiger partial charge in [-0.3, -0.25) is 0 Å². The topological polar surface area (TPSA) is 85.4 Å². The summed E-state index contributed by atoms with van der Waals surface area (Å²) in [6, 6.07) is 17.1. The van der Waals surface area contributed by atoms with Gasteiger partial charge in [0.25, 0.3) is 0 Å². The van der Waals surface area contributed by atoms with E-state index in [2.05, 4.69) is 4.98 Å². The number of nitrogens with two attached hydrogens (primary N) is 1. The molecule has 3 N–H and O–H groups in total. The summed E-state index contributed by atoms with van der Waals surface area (Å²) in [5, 5.41) is 9.41. The summed E-state index contributed by atoms with van der Waals surface area (Å²) in [5.74, 6) is -0.371. The average Bonchev–Trinajstić information content (AvgIpc) is 2.97. The molecule has 0 spiro atoms. The minimum atomic E-state index is -1.09. The Morgan fingerprint density at radius 2 is 1.83 bits per heavy atom. The standard InChI is InChI=1S/C17H14N2O3S/c18-17-19-14(16(20)21)15(23-17)12-6-8-13(9-7-12)22-10-11-4-2-1-3-5-11/h1-9H,10H2,(H2,18,19)(H,20,21). The highest BCUT2D eigenvalue weighted by Crippen LogP contribution is 2.32. The number of aromatic carboxylic acids is 1. The fourth-order valence-electron chi connectivity index (χ4n) is 2.12. The first-order valence-electron chi connectivity index (χ1n) is 6.90. The Balaban J connectivity index is 1.76. The zero-order chi connectivity index (χ0) is 16.2. The van der Waals surface area contributed by atoms with Crippen LogP contribution in [0.4, 0.5) is 5.13 Å². The van der Waals surface area contributed by atoms with Gasteiger partial charge in [-0.2, -0.15) is 0 Å². The molecule has 1 aromatic heterocycles. The van der Waals surface area contributed by atoms with E-state index in [1.165, 1.54) is 0 Å². The van der Waals surface area contributed by atoms with E-state index in [1.807, 2.05) is 30.3 Å². The van der Waals surface area contributed by atoms with E-state index in [0.717, 1.165) is 22.5 Å². The summed E-state index contributed by atoms with van der Waals surface area (Å²) in [4.78, 5) is 15.6. The van der Waals surface area contributed by atoms with Gasteiger partial charge in [-0.15, -0.1) is 0 Å². The third-order valence-corrected chi connectivity index (χ3v) is 4.14. The Kier molecular flexibility index (Phi) is 4.25. The maximum Gasteiger partial charge on any atom is 0.356 e. The maximum absolute atomic E-state index is 11.2. The largest absolute Gasteiger partial charge is 0.489 e. The number of aromatic nitrogens is 1. The molecular formula is C17H14N2O3S. The number of hydrogen-bond acceptors (Lipinski definition) is 5. The molecule has 0 aliphatic heterocycles. The number of rotatable bonds is 5. The van der Waals surface area contributed by atoms with Gasteiger partial charge in [0.2, 0.25) is 0 Å². The second-order valence-electron chi connectivity index (χ2n) is 4.83. The predicted octanol–water partition coefficient (Wildman–Crippen LogP) is 3.67. The van der Waals surface area contributed by atoms with E-state index in [9.17, 15) is 4.79 Å². The second-order valence-corrected chi connectivity index (χ2v) is 5.86. The first kappa shape index (κ1) is 15.1. The number of carboxylic acid groups (broad SMARTS) is 1. The fourth-order valence-corrected chi connectivity index (χ4v) is 2.95. The molecule has 0 fully saturated rings. The summed E-state index contributed by atoms with van der Waals surface area (Å²) in [7, 11) is 0. The molecule has 0 bridgehead atoms. The van der Waals surface area contributed by atoms with Crippen molar-refractivity contribution in [2.75, 3.05) is 5.73 Å². The van der Waals surface area contributed by atoms with E-state index < -0.39 is 5.97 Å². The molecule has 0 amide bonds. The monoisotopic (exact) mass is 326 g/mol. The normalized spacial score (nSPS) is 10.4. The Hall–Kier alpha value is -2.86. The van der Waals surface area contributed by atoms with Gasteiger partial charge in [-0.25, -0.2) is 9.78 Å². The lowest BCUT2D eigenvalue weighted by Gasteiger charge is -2.07. The van der Waals surface area contributed by atoms with Gasteiger partial charge < -0.3 is 15.6 Å². The van der Waals surface area contributed by atoms with Crippen LogP contribution in [-0.4, -0.2) is 16.1 Å². The Morgan fingerprint density at radius 3 is 2.48 bits per heavy atom. The lowest BCUT2D eigenvalue weighted by molar-refractivity contribution is 0.0692. The smallest absolute Gasteiger partial charge is 0.356 e. The van der Waals surface area contributed by atoms with E-state index >= 15 is 0 Å². The Bertz CT molecular complexity index is 814. The molecular weight excluding hydrogens is 312 g/mol. The summed E-state index contributed by atoms with van der Waals surface area (Å²) >= 11 is 1.16. The number of nitrogens with zero attached hydrogens (tertiary/aromatic N) is 1. The van der Waals surface area contributed by atoms with Crippen molar-refractivity contribution in [3.05, 3.63) is 65.9 Å². The zero-order valence-corrected chi connectivity index (χ0v) is 12.9. The van der Waals surface area contributed by atoms with E-state index in [4.69, 9.17) is 15.6 Å². The van der Waals surface area contributed by atoms with Crippen molar-refractivity contribution in [1.29, 1.82) is 0 Å². The number of thiazole rings is 1. The number of ether oxygens (including phenoxy) is 1. The van der Waals surface area contributed by atoms with Crippen LogP contribution in [0.25, 0.3) is 10.4 Å². The van der Waals surface area contributed by atoms with Gasteiger partial charge in [0.1, 0.15) is 12.4 Å². The van der Waals surface area contributed by atoms with Crippen LogP contribution in [0, 0.1) is 0 Å². The van der Waals surface area contributed by atoms with Crippen LogP contribution in [0.2, 0.25) is 0 Å². The molecule has 0 unspecified atom stereocenters. The van der Waals surface area contributed by atoms with Crippen LogP contribution in [-0.2, 0) is 6.61 Å². The summed E-state index contributed by atoms with van der Waals surface area (Å²) in [5.41, 5.74) is 7.43. The summed E-state index contributed by atoms with van der Waals surface area (Å²) in [6.45, 7) is 0.480. The predicted molar refractivity (Wildman–Crippen MR) is 89.7 cm³/mol. The van der Waals surface area contributed by atoms with E-state index in [1.54, 1.807) is 24.3 Å². The molecule has 5 nitrogen and oxygen atoms in total. The van der Waals surface area contributed by atoms with Gasteiger partial charge in [0.15, 0.2) is 10.8 Å². The third-order valence-electron chi connectivity index (χ3n) is 3.21. The second kappa shape index (κ2) is 6.50. The highest BCUT2D eigenvalue weighted by Gasteiger charge is 2.17. The zero-order valence-electron chi connectivity index (χ0n) is 12.1. The van der Waals surface area contributed by atoms with Gasteiger partial charge in [-0.1, -0.05) is 41.7 Å². The summed E-state index contributed by atoms with van der Waals surface area (Å²) < 4.78 is 5.71. The van der Waals surface area contributed by atoms with Crippen LogP contribution in [0.1, 0.15) is 16.1 Å². The van der Waals surface area contributed by atoms with Crippen molar-refractivity contribution in [3.63, 3.8) is 0 Å². The minimum absolute atomic E-state index is 0.0227. The SMILES string of the molecule is Nc1nc(C(=O)O)c(-c2ccc(OCc3ccccc3)cc2)s1. The lowest BCUT2D eigenvalue weighted by Crippen LogP contribution is -1.99. The molecule has 1 heterocycles. The molecule has 116 valence electrons. The molecule has 0 saturated heterocycles. The van der Waals surface area contributed by atoms with E-state index in [-0.39, 0.29) is 10.8 Å². The molecule has 0 aliphatic rings. The van der Waals surface area contributed by atoms with Crippen LogP contribution >= 0.6 is 11.3 Å². The van der Waals surface area contributed by atoms with Crippen LogP contribution in [0.5, 0.6) is 5.75 Å². The maximum atomic E-state index is 11.2. The van der Waals surface area contributed by atoms with Gasteiger partial charge in [-0.05, 0) is 35.4 Å². The van der Waals surface area contributed by atoms with Crippen LogP contribution in [0.15, 0.2) is 54.6 Å². The Labute approximate surface area is 137 Å². The highest BCUT2D eigenvalue weighted by molar-refractivity contribution is 7.19. The highest BCUT2D eigenvalue weighted by atomic mass is 32.1. The van der Waals surface area contributed by atoms with Gasteiger partial charge in [0, 0.05) is 0 Å². The lowest BCUT2D eigenvalue weighted by atomic mass is 10.1. The fraction of sp³-hybridized carbons (Fsp3) is 0.0588. The summed E-state index contributed by atoms with van der Waals surface area (Å²) in [6.07, 6.45) is 0. The number of carbonyl (C=O) groups is 1. The molecule has 0 atom stereocenters. The number of carboxylic acids is 1. The first-order chi connectivity index (χ1) is 11.1. The van der Waals surface area contributed by atoms with Crippen molar-refractivity contribution in [1.82, 2.24) is 4.98 Å². The van der Waals surface area contributed by atoms with Crippen molar-refractivity contribution in [2.24, 2.45) is 0 Å². The number of anilines is 1. The number of hydrogen-bond donors (Lipinski definition) is 2. The molecule has 3 aromatic rings. The molecule has 23 heavy (non-hydrogen) atoms. The number of nitrogen functional groups attached to an aromatic ring is 1. The molecule has 2 aromatic carbocycles. The van der Waals surface area contributed by atoms with Crippen molar-refractivity contribution in [2.45, 2.75) is 6.61 Å². The van der Waals surface area contributed by atoms with Crippen molar-refractivity contribution < 1.29 is 14.6 Å². The van der Waals surface area contributed by atoms with Gasteiger partial charge in [0.05, 0.1) is 4.88 Å². The average molecular weight is 326 g/mol. The minimum Gasteiger partial charge on any atom is -0.489 e. The third kappa shape index (κ3) is 3.49. The number of benzene rings is 2. The Morgan fingerprint density at radius 1 is 1.13 bits per heavy atom. The quantitative estimate of drug-likeness (QED) is 0.747. The van der Waals surface area contributed by atoms with Crippen LogP contribution < -0.4 is 10.5 Å². The molecule has 6 heteroatoms. The molecule has 0 radical (unpaired) electrons. The first-order valence-corrected chi connectivity index (χ1v) is 7.72. The van der Waals surface area contributed by atoms with Gasteiger partial charge >= 0.3 is 5.97 Å². The van der Waals surface area contributed by atoms with Crippen molar-refractivity contribution >= 4 is 22.4 Å². The van der Waals surface area contributed by atoms with Crippen LogP contribution in [0.3, 0.4) is 0 Å². The van der Waals surface area contributed by atoms with Crippen molar-refractivity contribution in [3.8, 4) is 16.2 Å². The molecule has 0 saturated carbocycles.